The summed E-state index contributed by atoms with van der Waals surface area (Å²) in [6, 6.07) is -0.436. The van der Waals surface area contributed by atoms with Crippen LogP contribution in [0.5, 0.6) is 0 Å². The molecule has 1 aliphatic rings. The molecule has 1 amide bonds. The predicted octanol–water partition coefficient (Wildman–Crippen LogP) is 0.827. The van der Waals surface area contributed by atoms with E-state index in [0.29, 0.717) is 32.4 Å². The summed E-state index contributed by atoms with van der Waals surface area (Å²) in [4.78, 5) is 24.7. The van der Waals surface area contributed by atoms with Crippen molar-refractivity contribution >= 4 is 11.9 Å². The Labute approximate surface area is 102 Å². The number of carboxylic acid groups (broad SMARTS) is 1. The van der Waals surface area contributed by atoms with E-state index in [-0.39, 0.29) is 5.91 Å². The highest BCUT2D eigenvalue weighted by atomic mass is 16.4. The molecule has 0 aromatic carbocycles. The van der Waals surface area contributed by atoms with Crippen molar-refractivity contribution in [3.63, 3.8) is 0 Å². The molecule has 0 aliphatic carbocycles. The van der Waals surface area contributed by atoms with Crippen molar-refractivity contribution in [2.75, 3.05) is 13.1 Å². The number of piperidine rings is 1. The molecule has 1 rings (SSSR count). The van der Waals surface area contributed by atoms with Crippen molar-refractivity contribution in [3.8, 4) is 0 Å². The fourth-order valence-electron chi connectivity index (χ4n) is 2.10. The Morgan fingerprint density at radius 3 is 2.35 bits per heavy atom. The van der Waals surface area contributed by atoms with Crippen LogP contribution in [-0.4, -0.2) is 41.0 Å². The fraction of sp³-hybridized carbons (Fsp3) is 0.833. The summed E-state index contributed by atoms with van der Waals surface area (Å²) < 4.78 is 0. The van der Waals surface area contributed by atoms with Gasteiger partial charge in [-0.05, 0) is 26.2 Å². The maximum absolute atomic E-state index is 11.9. The van der Waals surface area contributed by atoms with Gasteiger partial charge >= 0.3 is 5.97 Å². The first-order valence-electron chi connectivity index (χ1n) is 6.18. The van der Waals surface area contributed by atoms with Crippen molar-refractivity contribution in [1.29, 1.82) is 0 Å². The molecule has 1 heterocycles. The molecule has 98 valence electrons. The molecule has 0 aromatic rings. The van der Waals surface area contributed by atoms with Crippen LogP contribution in [0.2, 0.25) is 0 Å². The summed E-state index contributed by atoms with van der Waals surface area (Å²) in [6.45, 7) is 4.73. The van der Waals surface area contributed by atoms with Crippen LogP contribution in [-0.2, 0) is 9.59 Å². The van der Waals surface area contributed by atoms with Crippen LogP contribution in [0.1, 0.15) is 39.5 Å². The summed E-state index contributed by atoms with van der Waals surface area (Å²) >= 11 is 0. The van der Waals surface area contributed by atoms with Crippen LogP contribution < -0.4 is 5.73 Å². The lowest BCUT2D eigenvalue weighted by atomic mass is 9.80. The van der Waals surface area contributed by atoms with E-state index in [1.54, 1.807) is 11.8 Å². The zero-order valence-electron chi connectivity index (χ0n) is 10.6. The number of aliphatic carboxylic acids is 1. The number of hydrogen-bond donors (Lipinski definition) is 2. The summed E-state index contributed by atoms with van der Waals surface area (Å²) in [5.74, 6) is -0.818. The number of likely N-dealkylation sites (tertiary alicyclic amines) is 1. The Balaban J connectivity index is 2.52. The first-order chi connectivity index (χ1) is 7.90. The zero-order chi connectivity index (χ0) is 13.1. The van der Waals surface area contributed by atoms with Crippen LogP contribution in [0, 0.1) is 5.41 Å². The highest BCUT2D eigenvalue weighted by Crippen LogP contribution is 2.31. The summed E-state index contributed by atoms with van der Waals surface area (Å²) in [5.41, 5.74) is 5.09. The number of carbonyl (C=O) groups excluding carboxylic acids is 1. The molecule has 5 nitrogen and oxygen atoms in total. The van der Waals surface area contributed by atoms with Crippen LogP contribution in [0.15, 0.2) is 0 Å². The van der Waals surface area contributed by atoms with Gasteiger partial charge in [-0.2, -0.15) is 0 Å². The third-order valence-electron chi connectivity index (χ3n) is 3.61. The van der Waals surface area contributed by atoms with Gasteiger partial charge in [0.25, 0.3) is 0 Å². The van der Waals surface area contributed by atoms with Gasteiger partial charge in [0.2, 0.25) is 5.91 Å². The van der Waals surface area contributed by atoms with E-state index >= 15 is 0 Å². The van der Waals surface area contributed by atoms with Gasteiger partial charge in [-0.3, -0.25) is 9.59 Å². The van der Waals surface area contributed by atoms with Crippen molar-refractivity contribution in [2.45, 2.75) is 45.6 Å². The van der Waals surface area contributed by atoms with Crippen molar-refractivity contribution in [2.24, 2.45) is 11.1 Å². The molecule has 3 N–H and O–H groups in total. The lowest BCUT2D eigenvalue weighted by molar-refractivity contribution is -0.153. The molecule has 1 atom stereocenters. The number of carboxylic acids is 1. The van der Waals surface area contributed by atoms with E-state index in [1.165, 1.54) is 0 Å². The molecule has 0 saturated carbocycles. The quantitative estimate of drug-likeness (QED) is 0.764. The normalized spacial score (nSPS) is 21.0. The number of amides is 1. The monoisotopic (exact) mass is 242 g/mol. The average molecular weight is 242 g/mol. The van der Waals surface area contributed by atoms with Gasteiger partial charge in [-0.1, -0.05) is 13.3 Å². The second kappa shape index (κ2) is 5.49. The van der Waals surface area contributed by atoms with Gasteiger partial charge in [0.15, 0.2) is 0 Å². The maximum Gasteiger partial charge on any atom is 0.309 e. The third kappa shape index (κ3) is 3.19. The number of rotatable bonds is 4. The Kier molecular flexibility index (Phi) is 4.51. The minimum Gasteiger partial charge on any atom is -0.481 e. The smallest absolute Gasteiger partial charge is 0.309 e. The Bertz CT molecular complexity index is 296. The molecule has 1 aliphatic heterocycles. The Morgan fingerprint density at radius 2 is 1.94 bits per heavy atom. The first kappa shape index (κ1) is 14.0. The van der Waals surface area contributed by atoms with E-state index in [1.807, 2.05) is 6.92 Å². The second-order valence-corrected chi connectivity index (χ2v) is 5.09. The standard InChI is InChI=1S/C12H22N2O3/c1-3-4-9(13)10(15)14-7-5-12(2,6-8-14)11(16)17/h9H,3-8,13H2,1-2H3,(H,16,17). The minimum atomic E-state index is -0.776. The summed E-state index contributed by atoms with van der Waals surface area (Å²) in [7, 11) is 0. The Hall–Kier alpha value is -1.10. The Morgan fingerprint density at radius 1 is 1.41 bits per heavy atom. The lowest BCUT2D eigenvalue weighted by Gasteiger charge is -2.37. The molecule has 1 unspecified atom stereocenters. The summed E-state index contributed by atoms with van der Waals surface area (Å²) in [6.07, 6.45) is 2.58. The molecular weight excluding hydrogens is 220 g/mol. The maximum atomic E-state index is 11.9. The molecule has 5 heteroatoms. The van der Waals surface area contributed by atoms with Gasteiger partial charge in [0.1, 0.15) is 0 Å². The number of nitrogens with two attached hydrogens (primary N) is 1. The average Bonchev–Trinajstić information content (AvgIpc) is 2.29. The van der Waals surface area contributed by atoms with E-state index in [4.69, 9.17) is 10.8 Å². The number of nitrogens with zero attached hydrogens (tertiary/aromatic N) is 1. The molecule has 0 radical (unpaired) electrons. The molecular formula is C12H22N2O3. The van der Waals surface area contributed by atoms with Crippen LogP contribution in [0.3, 0.4) is 0 Å². The molecule has 17 heavy (non-hydrogen) atoms. The predicted molar refractivity (Wildman–Crippen MR) is 64.4 cm³/mol. The lowest BCUT2D eigenvalue weighted by Crippen LogP contribution is -2.50. The van der Waals surface area contributed by atoms with E-state index in [9.17, 15) is 9.59 Å². The first-order valence-corrected chi connectivity index (χ1v) is 6.18. The largest absolute Gasteiger partial charge is 0.481 e. The molecule has 0 aromatic heterocycles. The van der Waals surface area contributed by atoms with Gasteiger partial charge in [0, 0.05) is 13.1 Å². The third-order valence-corrected chi connectivity index (χ3v) is 3.61. The van der Waals surface area contributed by atoms with Gasteiger partial charge in [-0.25, -0.2) is 0 Å². The fourth-order valence-corrected chi connectivity index (χ4v) is 2.10. The SMILES string of the molecule is CCCC(N)C(=O)N1CCC(C)(C(=O)O)CC1. The van der Waals surface area contributed by atoms with Crippen molar-refractivity contribution in [3.05, 3.63) is 0 Å². The van der Waals surface area contributed by atoms with Crippen molar-refractivity contribution in [1.82, 2.24) is 4.90 Å². The van der Waals surface area contributed by atoms with E-state index in [0.717, 1.165) is 6.42 Å². The summed E-state index contributed by atoms with van der Waals surface area (Å²) in [5, 5.41) is 9.09. The highest BCUT2D eigenvalue weighted by Gasteiger charge is 2.38. The second-order valence-electron chi connectivity index (χ2n) is 5.09. The topological polar surface area (TPSA) is 83.6 Å². The van der Waals surface area contributed by atoms with Crippen molar-refractivity contribution < 1.29 is 14.7 Å². The number of carbonyl (C=O) groups is 2. The highest BCUT2D eigenvalue weighted by molar-refractivity contribution is 5.82. The van der Waals surface area contributed by atoms with Crippen LogP contribution in [0.4, 0.5) is 0 Å². The molecule has 0 spiro atoms. The van der Waals surface area contributed by atoms with Gasteiger partial charge < -0.3 is 15.7 Å². The molecule has 0 bridgehead atoms. The van der Waals surface area contributed by atoms with Gasteiger partial charge in [0.05, 0.1) is 11.5 Å². The molecule has 1 fully saturated rings. The van der Waals surface area contributed by atoms with Gasteiger partial charge in [-0.15, -0.1) is 0 Å². The van der Waals surface area contributed by atoms with Crippen LogP contribution in [0.25, 0.3) is 0 Å². The van der Waals surface area contributed by atoms with E-state index in [2.05, 4.69) is 0 Å². The van der Waals surface area contributed by atoms with Crippen LogP contribution >= 0.6 is 0 Å². The number of hydrogen-bond acceptors (Lipinski definition) is 3. The van der Waals surface area contributed by atoms with E-state index < -0.39 is 17.4 Å². The minimum absolute atomic E-state index is 0.0423. The zero-order valence-corrected chi connectivity index (χ0v) is 10.6. The molecule has 1 saturated heterocycles.